The van der Waals surface area contributed by atoms with Crippen molar-refractivity contribution in [2.75, 3.05) is 6.61 Å². The van der Waals surface area contributed by atoms with Crippen LogP contribution in [0.3, 0.4) is 0 Å². The lowest BCUT2D eigenvalue weighted by molar-refractivity contribution is -0.115. The van der Waals surface area contributed by atoms with Crippen molar-refractivity contribution in [2.24, 2.45) is 11.3 Å². The standard InChI is InChI=1S/C14H21NOS/c1-9(11-5-4-8-17-11)15-12-10-6-7-16-13(10)14(12,2)3/h4-5,8-10,12-13,15H,6-7H2,1-3H3/t9-,10?,12?,13?/m1/s1. The van der Waals surface area contributed by atoms with Gasteiger partial charge in [0.15, 0.2) is 0 Å². The summed E-state index contributed by atoms with van der Waals surface area (Å²) >= 11 is 1.84. The van der Waals surface area contributed by atoms with Crippen LogP contribution in [0.25, 0.3) is 0 Å². The highest BCUT2D eigenvalue weighted by Gasteiger charge is 2.59. The Balaban J connectivity index is 1.69. The van der Waals surface area contributed by atoms with Crippen molar-refractivity contribution in [1.82, 2.24) is 5.32 Å². The van der Waals surface area contributed by atoms with Gasteiger partial charge in [-0.2, -0.15) is 0 Å². The molecule has 0 radical (unpaired) electrons. The highest BCUT2D eigenvalue weighted by Crippen LogP contribution is 2.52. The van der Waals surface area contributed by atoms with Gasteiger partial charge in [0.2, 0.25) is 0 Å². The number of ether oxygens (including phenoxy) is 1. The number of hydrogen-bond donors (Lipinski definition) is 1. The summed E-state index contributed by atoms with van der Waals surface area (Å²) in [4.78, 5) is 1.43. The van der Waals surface area contributed by atoms with E-state index in [1.165, 1.54) is 11.3 Å². The first-order valence-corrected chi connectivity index (χ1v) is 7.39. The molecule has 1 aromatic rings. The molecular formula is C14H21NOS. The number of fused-ring (bicyclic) bond motifs is 1. The Morgan fingerprint density at radius 1 is 1.53 bits per heavy atom. The molecule has 1 saturated heterocycles. The van der Waals surface area contributed by atoms with Gasteiger partial charge in [-0.3, -0.25) is 0 Å². The van der Waals surface area contributed by atoms with Crippen LogP contribution >= 0.6 is 11.3 Å². The summed E-state index contributed by atoms with van der Waals surface area (Å²) in [5.74, 6) is 0.729. The molecule has 17 heavy (non-hydrogen) atoms. The summed E-state index contributed by atoms with van der Waals surface area (Å²) in [6, 6.07) is 5.41. The van der Waals surface area contributed by atoms with Crippen LogP contribution < -0.4 is 5.32 Å². The van der Waals surface area contributed by atoms with Crippen LogP contribution in [0.2, 0.25) is 0 Å². The van der Waals surface area contributed by atoms with Crippen LogP contribution in [-0.2, 0) is 4.74 Å². The first-order valence-electron chi connectivity index (χ1n) is 6.52. The van der Waals surface area contributed by atoms with Gasteiger partial charge in [-0.1, -0.05) is 19.9 Å². The van der Waals surface area contributed by atoms with Crippen molar-refractivity contribution in [3.05, 3.63) is 22.4 Å². The maximum atomic E-state index is 5.83. The van der Waals surface area contributed by atoms with Gasteiger partial charge in [0.1, 0.15) is 0 Å². The second kappa shape index (κ2) is 4.08. The summed E-state index contributed by atoms with van der Waals surface area (Å²) in [6.45, 7) is 7.88. The van der Waals surface area contributed by atoms with Gasteiger partial charge in [0.25, 0.3) is 0 Å². The van der Waals surface area contributed by atoms with E-state index in [0.717, 1.165) is 12.5 Å². The zero-order valence-electron chi connectivity index (χ0n) is 10.8. The average Bonchev–Trinajstić information content (AvgIpc) is 2.95. The minimum Gasteiger partial charge on any atom is -0.377 e. The van der Waals surface area contributed by atoms with Crippen molar-refractivity contribution < 1.29 is 4.74 Å². The maximum absolute atomic E-state index is 5.83. The SMILES string of the molecule is C[C@@H](NC1C2CCOC2C1(C)C)c1cccs1. The van der Waals surface area contributed by atoms with E-state index in [-0.39, 0.29) is 5.41 Å². The lowest BCUT2D eigenvalue weighted by atomic mass is 9.57. The molecule has 2 heterocycles. The largest absolute Gasteiger partial charge is 0.377 e. The third kappa shape index (κ3) is 1.76. The molecule has 4 atom stereocenters. The Kier molecular flexibility index (Phi) is 2.80. The number of hydrogen-bond acceptors (Lipinski definition) is 3. The van der Waals surface area contributed by atoms with Crippen LogP contribution in [0.5, 0.6) is 0 Å². The van der Waals surface area contributed by atoms with Gasteiger partial charge in [-0.15, -0.1) is 11.3 Å². The predicted molar refractivity (Wildman–Crippen MR) is 71.3 cm³/mol. The van der Waals surface area contributed by atoms with Crippen molar-refractivity contribution in [1.29, 1.82) is 0 Å². The molecule has 1 aromatic heterocycles. The highest BCUT2D eigenvalue weighted by molar-refractivity contribution is 7.10. The monoisotopic (exact) mass is 251 g/mol. The molecule has 2 nitrogen and oxygen atoms in total. The minimum absolute atomic E-state index is 0.284. The Bertz CT molecular complexity index is 387. The van der Waals surface area contributed by atoms with Crippen molar-refractivity contribution >= 4 is 11.3 Å². The number of nitrogens with one attached hydrogen (secondary N) is 1. The third-order valence-corrected chi connectivity index (χ3v) is 5.56. The fraction of sp³-hybridized carbons (Fsp3) is 0.714. The van der Waals surface area contributed by atoms with Crippen molar-refractivity contribution in [3.8, 4) is 0 Å². The van der Waals surface area contributed by atoms with E-state index in [4.69, 9.17) is 4.74 Å². The zero-order valence-corrected chi connectivity index (χ0v) is 11.6. The number of thiophene rings is 1. The molecule has 2 aliphatic rings. The Morgan fingerprint density at radius 2 is 2.35 bits per heavy atom. The summed E-state index contributed by atoms with van der Waals surface area (Å²) in [5, 5.41) is 5.96. The quantitative estimate of drug-likeness (QED) is 0.890. The highest BCUT2D eigenvalue weighted by atomic mass is 32.1. The van der Waals surface area contributed by atoms with E-state index in [9.17, 15) is 0 Å². The van der Waals surface area contributed by atoms with E-state index in [1.54, 1.807) is 0 Å². The second-order valence-corrected chi connectivity index (χ2v) is 6.93. The van der Waals surface area contributed by atoms with Crippen LogP contribution in [0, 0.1) is 11.3 Å². The van der Waals surface area contributed by atoms with Crippen LogP contribution in [0.15, 0.2) is 17.5 Å². The lowest BCUT2D eigenvalue weighted by Gasteiger charge is -2.55. The van der Waals surface area contributed by atoms with E-state index >= 15 is 0 Å². The summed E-state index contributed by atoms with van der Waals surface area (Å²) in [7, 11) is 0. The van der Waals surface area contributed by atoms with Crippen LogP contribution in [-0.4, -0.2) is 18.8 Å². The topological polar surface area (TPSA) is 21.3 Å². The Morgan fingerprint density at radius 3 is 3.06 bits per heavy atom. The second-order valence-electron chi connectivity index (χ2n) is 5.95. The van der Waals surface area contributed by atoms with E-state index in [0.29, 0.717) is 18.2 Å². The predicted octanol–water partition coefficient (Wildman–Crippen LogP) is 3.21. The zero-order chi connectivity index (χ0) is 12.0. The molecule has 3 heteroatoms. The minimum atomic E-state index is 0.284. The molecule has 0 amide bonds. The fourth-order valence-electron chi connectivity index (χ4n) is 3.55. The number of rotatable bonds is 3. The molecule has 0 aromatic carbocycles. The molecule has 3 unspecified atom stereocenters. The van der Waals surface area contributed by atoms with E-state index < -0.39 is 0 Å². The molecular weight excluding hydrogens is 230 g/mol. The molecule has 3 rings (SSSR count). The van der Waals surface area contributed by atoms with Crippen molar-refractivity contribution in [3.63, 3.8) is 0 Å². The average molecular weight is 251 g/mol. The van der Waals surface area contributed by atoms with Gasteiger partial charge in [-0.05, 0) is 24.8 Å². The van der Waals surface area contributed by atoms with Crippen LogP contribution in [0.1, 0.15) is 38.1 Å². The van der Waals surface area contributed by atoms with Gasteiger partial charge >= 0.3 is 0 Å². The molecule has 0 bridgehead atoms. The fourth-order valence-corrected chi connectivity index (χ4v) is 4.30. The van der Waals surface area contributed by atoms with Gasteiger partial charge in [-0.25, -0.2) is 0 Å². The Labute approximate surface area is 107 Å². The third-order valence-electron chi connectivity index (χ3n) is 4.50. The van der Waals surface area contributed by atoms with Gasteiger partial charge in [0, 0.05) is 34.9 Å². The van der Waals surface area contributed by atoms with E-state index in [2.05, 4.69) is 43.6 Å². The Hall–Kier alpha value is -0.380. The van der Waals surface area contributed by atoms with Gasteiger partial charge < -0.3 is 10.1 Å². The molecule has 0 spiro atoms. The normalized spacial score (nSPS) is 36.3. The molecule has 1 N–H and O–H groups in total. The van der Waals surface area contributed by atoms with Crippen molar-refractivity contribution in [2.45, 2.75) is 45.4 Å². The molecule has 1 saturated carbocycles. The van der Waals surface area contributed by atoms with Crippen LogP contribution in [0.4, 0.5) is 0 Å². The first kappa shape index (κ1) is 11.7. The maximum Gasteiger partial charge on any atom is 0.0685 e. The lowest BCUT2D eigenvalue weighted by Crippen LogP contribution is -2.66. The molecule has 1 aliphatic carbocycles. The molecule has 2 fully saturated rings. The summed E-state index contributed by atoms with van der Waals surface area (Å²) in [6.07, 6.45) is 1.71. The smallest absolute Gasteiger partial charge is 0.0685 e. The molecule has 94 valence electrons. The summed E-state index contributed by atoms with van der Waals surface area (Å²) < 4.78 is 5.83. The summed E-state index contributed by atoms with van der Waals surface area (Å²) in [5.41, 5.74) is 0.284. The molecule has 1 aliphatic heterocycles. The van der Waals surface area contributed by atoms with E-state index in [1.807, 2.05) is 11.3 Å². The first-order chi connectivity index (χ1) is 8.10. The van der Waals surface area contributed by atoms with Gasteiger partial charge in [0.05, 0.1) is 6.10 Å².